The summed E-state index contributed by atoms with van der Waals surface area (Å²) < 4.78 is 0. The summed E-state index contributed by atoms with van der Waals surface area (Å²) in [7, 11) is 0. The van der Waals surface area contributed by atoms with E-state index >= 15 is 0 Å². The van der Waals surface area contributed by atoms with Gasteiger partial charge in [0.15, 0.2) is 0 Å². The number of rotatable bonds is 1. The Morgan fingerprint density at radius 3 is 3.00 bits per heavy atom. The van der Waals surface area contributed by atoms with Crippen LogP contribution in [0.5, 0.6) is 0 Å². The lowest BCUT2D eigenvalue weighted by molar-refractivity contribution is -0.124. The fraction of sp³-hybridized carbons (Fsp3) is 0.857. The van der Waals surface area contributed by atoms with Crippen LogP contribution in [0, 0.1) is 5.92 Å². The third-order valence-electron chi connectivity index (χ3n) is 2.14. The molecule has 3 nitrogen and oxygen atoms in total. The molecule has 3 heteroatoms. The van der Waals surface area contributed by atoms with Gasteiger partial charge in [-0.1, -0.05) is 0 Å². The standard InChI is InChI=1S/C7H14N2O/c1-5-6(4-8)2-3-7(10)9-5/h5-6H,2-4,8H2,1H3,(H,9,10)/t5-,6-/m1/s1. The Bertz CT molecular complexity index is 136. The number of carbonyl (C=O) groups excluding carboxylic acids is 1. The predicted octanol–water partition coefficient (Wildman–Crippen LogP) is -0.140. The molecule has 1 aliphatic heterocycles. The summed E-state index contributed by atoms with van der Waals surface area (Å²) in [6.45, 7) is 2.69. The molecule has 1 fully saturated rings. The third kappa shape index (κ3) is 1.48. The van der Waals surface area contributed by atoms with Gasteiger partial charge in [-0.3, -0.25) is 4.79 Å². The number of amides is 1. The molecule has 0 aliphatic carbocycles. The molecule has 10 heavy (non-hydrogen) atoms. The van der Waals surface area contributed by atoms with Crippen LogP contribution in [0.2, 0.25) is 0 Å². The Balaban J connectivity index is 2.43. The normalized spacial score (nSPS) is 33.6. The quantitative estimate of drug-likeness (QED) is 0.535. The SMILES string of the molecule is C[C@H]1NC(=O)CC[C@@H]1CN. The molecule has 0 radical (unpaired) electrons. The number of nitrogens with two attached hydrogens (primary N) is 1. The summed E-state index contributed by atoms with van der Waals surface area (Å²) in [5, 5.41) is 2.86. The third-order valence-corrected chi connectivity index (χ3v) is 2.14. The Morgan fingerprint density at radius 1 is 1.80 bits per heavy atom. The molecule has 1 saturated heterocycles. The van der Waals surface area contributed by atoms with Crippen molar-refractivity contribution in [2.45, 2.75) is 25.8 Å². The topological polar surface area (TPSA) is 55.1 Å². The summed E-state index contributed by atoms with van der Waals surface area (Å²) in [5.41, 5.74) is 5.49. The summed E-state index contributed by atoms with van der Waals surface area (Å²) in [4.78, 5) is 10.8. The van der Waals surface area contributed by atoms with Crippen molar-refractivity contribution in [2.24, 2.45) is 11.7 Å². The molecular weight excluding hydrogens is 128 g/mol. The second-order valence-corrected chi connectivity index (χ2v) is 2.89. The number of piperidine rings is 1. The summed E-state index contributed by atoms with van der Waals surface area (Å²) in [6.07, 6.45) is 1.59. The van der Waals surface area contributed by atoms with E-state index in [-0.39, 0.29) is 11.9 Å². The highest BCUT2D eigenvalue weighted by atomic mass is 16.1. The molecule has 0 aromatic rings. The first kappa shape index (κ1) is 7.54. The van der Waals surface area contributed by atoms with Crippen molar-refractivity contribution in [1.82, 2.24) is 5.32 Å². The minimum Gasteiger partial charge on any atom is -0.353 e. The monoisotopic (exact) mass is 142 g/mol. The van der Waals surface area contributed by atoms with E-state index in [1.165, 1.54) is 0 Å². The maximum atomic E-state index is 10.8. The van der Waals surface area contributed by atoms with Crippen LogP contribution in [0.15, 0.2) is 0 Å². The molecule has 1 amide bonds. The number of nitrogens with one attached hydrogen (secondary N) is 1. The van der Waals surface area contributed by atoms with Gasteiger partial charge in [0.05, 0.1) is 0 Å². The zero-order chi connectivity index (χ0) is 7.56. The summed E-state index contributed by atoms with van der Waals surface area (Å²) in [5.74, 6) is 0.648. The molecule has 2 atom stereocenters. The number of hydrogen-bond acceptors (Lipinski definition) is 2. The van der Waals surface area contributed by atoms with Crippen LogP contribution in [-0.2, 0) is 4.79 Å². The van der Waals surface area contributed by atoms with Gasteiger partial charge in [0.1, 0.15) is 0 Å². The van der Waals surface area contributed by atoms with E-state index in [4.69, 9.17) is 5.73 Å². The van der Waals surface area contributed by atoms with E-state index in [0.29, 0.717) is 18.9 Å². The lowest BCUT2D eigenvalue weighted by atomic mass is 9.92. The lowest BCUT2D eigenvalue weighted by Crippen LogP contribution is -2.45. The largest absolute Gasteiger partial charge is 0.353 e. The van der Waals surface area contributed by atoms with Crippen LogP contribution in [0.1, 0.15) is 19.8 Å². The van der Waals surface area contributed by atoms with E-state index < -0.39 is 0 Å². The van der Waals surface area contributed by atoms with E-state index in [9.17, 15) is 4.79 Å². The first-order chi connectivity index (χ1) is 4.74. The van der Waals surface area contributed by atoms with Crippen molar-refractivity contribution in [2.75, 3.05) is 6.54 Å². The smallest absolute Gasteiger partial charge is 0.220 e. The lowest BCUT2D eigenvalue weighted by Gasteiger charge is -2.28. The summed E-state index contributed by atoms with van der Waals surface area (Å²) in [6, 6.07) is 0.270. The fourth-order valence-electron chi connectivity index (χ4n) is 1.33. The number of hydrogen-bond donors (Lipinski definition) is 2. The Kier molecular flexibility index (Phi) is 2.27. The van der Waals surface area contributed by atoms with E-state index in [0.717, 1.165) is 6.42 Å². The van der Waals surface area contributed by atoms with Crippen molar-refractivity contribution in [3.63, 3.8) is 0 Å². The highest BCUT2D eigenvalue weighted by Crippen LogP contribution is 2.14. The number of carbonyl (C=O) groups is 1. The van der Waals surface area contributed by atoms with Gasteiger partial charge in [-0.15, -0.1) is 0 Å². The maximum Gasteiger partial charge on any atom is 0.220 e. The van der Waals surface area contributed by atoms with Crippen molar-refractivity contribution in [1.29, 1.82) is 0 Å². The molecule has 0 aromatic heterocycles. The van der Waals surface area contributed by atoms with Gasteiger partial charge in [-0.05, 0) is 25.8 Å². The Hall–Kier alpha value is -0.570. The second-order valence-electron chi connectivity index (χ2n) is 2.89. The molecule has 1 aliphatic rings. The van der Waals surface area contributed by atoms with E-state index in [1.54, 1.807) is 0 Å². The molecule has 0 saturated carbocycles. The highest BCUT2D eigenvalue weighted by molar-refractivity contribution is 5.77. The minimum absolute atomic E-state index is 0.164. The van der Waals surface area contributed by atoms with Gasteiger partial charge in [-0.2, -0.15) is 0 Å². The van der Waals surface area contributed by atoms with Gasteiger partial charge in [0.25, 0.3) is 0 Å². The van der Waals surface area contributed by atoms with Crippen LogP contribution in [0.3, 0.4) is 0 Å². The van der Waals surface area contributed by atoms with Crippen molar-refractivity contribution >= 4 is 5.91 Å². The molecule has 1 rings (SSSR count). The molecule has 58 valence electrons. The van der Waals surface area contributed by atoms with Gasteiger partial charge in [-0.25, -0.2) is 0 Å². The van der Waals surface area contributed by atoms with Crippen molar-refractivity contribution in [3.8, 4) is 0 Å². The van der Waals surface area contributed by atoms with Crippen LogP contribution in [-0.4, -0.2) is 18.5 Å². The minimum atomic E-state index is 0.164. The maximum absolute atomic E-state index is 10.8. The van der Waals surface area contributed by atoms with Gasteiger partial charge >= 0.3 is 0 Å². The van der Waals surface area contributed by atoms with Crippen LogP contribution in [0.25, 0.3) is 0 Å². The molecule has 3 N–H and O–H groups in total. The van der Waals surface area contributed by atoms with E-state index in [2.05, 4.69) is 5.32 Å². The summed E-state index contributed by atoms with van der Waals surface area (Å²) >= 11 is 0. The van der Waals surface area contributed by atoms with Crippen LogP contribution < -0.4 is 11.1 Å². The van der Waals surface area contributed by atoms with Crippen molar-refractivity contribution < 1.29 is 4.79 Å². The van der Waals surface area contributed by atoms with Gasteiger partial charge < -0.3 is 11.1 Å². The average molecular weight is 142 g/mol. The molecule has 0 unspecified atom stereocenters. The fourth-order valence-corrected chi connectivity index (χ4v) is 1.33. The van der Waals surface area contributed by atoms with Gasteiger partial charge in [0.2, 0.25) is 5.91 Å². The molecule has 0 bridgehead atoms. The van der Waals surface area contributed by atoms with Crippen LogP contribution >= 0.6 is 0 Å². The Labute approximate surface area is 61.0 Å². The van der Waals surface area contributed by atoms with Gasteiger partial charge in [0, 0.05) is 12.5 Å². The van der Waals surface area contributed by atoms with Crippen LogP contribution in [0.4, 0.5) is 0 Å². The first-order valence-corrected chi connectivity index (χ1v) is 3.73. The molecule has 0 aromatic carbocycles. The Morgan fingerprint density at radius 2 is 2.50 bits per heavy atom. The zero-order valence-electron chi connectivity index (χ0n) is 6.26. The zero-order valence-corrected chi connectivity index (χ0v) is 6.26. The predicted molar refractivity (Wildman–Crippen MR) is 39.4 cm³/mol. The average Bonchev–Trinajstić information content (AvgIpc) is 1.88. The molecule has 0 spiro atoms. The van der Waals surface area contributed by atoms with E-state index in [1.807, 2.05) is 6.92 Å². The molecular formula is C7H14N2O. The highest BCUT2D eigenvalue weighted by Gasteiger charge is 2.23. The second kappa shape index (κ2) is 3.01. The first-order valence-electron chi connectivity index (χ1n) is 3.73. The van der Waals surface area contributed by atoms with Crippen molar-refractivity contribution in [3.05, 3.63) is 0 Å². The molecule has 1 heterocycles.